The van der Waals surface area contributed by atoms with Crippen LogP contribution in [-0.2, 0) is 4.79 Å². The highest BCUT2D eigenvalue weighted by Crippen LogP contribution is 2.19. The van der Waals surface area contributed by atoms with E-state index < -0.39 is 0 Å². The average Bonchev–Trinajstić information content (AvgIpc) is 3.10. The molecule has 0 fully saturated rings. The van der Waals surface area contributed by atoms with Crippen LogP contribution in [0, 0.1) is 0 Å². The van der Waals surface area contributed by atoms with Gasteiger partial charge in [0.25, 0.3) is 0 Å². The van der Waals surface area contributed by atoms with E-state index in [0.29, 0.717) is 11.5 Å². The number of nitrogens with zero attached hydrogens (tertiary/aromatic N) is 3. The third-order valence-electron chi connectivity index (χ3n) is 3.78. The first-order valence-electron chi connectivity index (χ1n) is 7.57. The molecule has 1 amide bonds. The van der Waals surface area contributed by atoms with Gasteiger partial charge in [-0.25, -0.2) is 4.98 Å². The van der Waals surface area contributed by atoms with Crippen LogP contribution >= 0.6 is 0 Å². The number of anilines is 1. The van der Waals surface area contributed by atoms with Gasteiger partial charge >= 0.3 is 0 Å². The predicted molar refractivity (Wildman–Crippen MR) is 94.6 cm³/mol. The van der Waals surface area contributed by atoms with Crippen LogP contribution in [0.2, 0.25) is 0 Å². The first kappa shape index (κ1) is 14.1. The quantitative estimate of drug-likeness (QED) is 0.588. The molecule has 4 rings (SSSR count). The molecule has 2 heterocycles. The van der Waals surface area contributed by atoms with Crippen molar-refractivity contribution in [3.05, 3.63) is 78.6 Å². The van der Waals surface area contributed by atoms with Gasteiger partial charge in [0.1, 0.15) is 5.82 Å². The zero-order valence-electron chi connectivity index (χ0n) is 12.8. The first-order valence-corrected chi connectivity index (χ1v) is 7.57. The smallest absolute Gasteiger partial charge is 0.249 e. The Hall–Kier alpha value is -3.47. The molecule has 2 aromatic heterocycles. The standard InChI is InChI=1S/C19H14N4O/c24-19(22-18-10-12-20-17-11-13-21-23(17)18)9-8-15-6-3-5-14-4-1-2-7-16(14)15/h1-13H,(H,22,24)/b9-8+. The summed E-state index contributed by atoms with van der Waals surface area (Å²) < 4.78 is 1.59. The normalized spacial score (nSPS) is 11.3. The first-order chi connectivity index (χ1) is 11.8. The number of benzene rings is 2. The van der Waals surface area contributed by atoms with Crippen LogP contribution < -0.4 is 5.32 Å². The molecular formula is C19H14N4O. The van der Waals surface area contributed by atoms with Crippen LogP contribution in [0.1, 0.15) is 5.56 Å². The fourth-order valence-electron chi connectivity index (χ4n) is 2.66. The molecule has 5 nitrogen and oxygen atoms in total. The van der Waals surface area contributed by atoms with Crippen LogP contribution in [0.3, 0.4) is 0 Å². The van der Waals surface area contributed by atoms with E-state index in [1.54, 1.807) is 29.0 Å². The van der Waals surface area contributed by atoms with E-state index in [2.05, 4.69) is 27.5 Å². The molecule has 116 valence electrons. The number of fused-ring (bicyclic) bond motifs is 2. The Morgan fingerprint density at radius 2 is 1.88 bits per heavy atom. The molecule has 0 aliphatic heterocycles. The van der Waals surface area contributed by atoms with Gasteiger partial charge in [-0.05, 0) is 28.5 Å². The zero-order chi connectivity index (χ0) is 16.4. The summed E-state index contributed by atoms with van der Waals surface area (Å²) in [5.41, 5.74) is 1.69. The molecule has 24 heavy (non-hydrogen) atoms. The topological polar surface area (TPSA) is 59.3 Å². The van der Waals surface area contributed by atoms with Crippen molar-refractivity contribution in [1.29, 1.82) is 0 Å². The summed E-state index contributed by atoms with van der Waals surface area (Å²) in [4.78, 5) is 16.4. The summed E-state index contributed by atoms with van der Waals surface area (Å²) in [6.45, 7) is 0. The van der Waals surface area contributed by atoms with Crippen LogP contribution in [0.4, 0.5) is 5.82 Å². The van der Waals surface area contributed by atoms with Crippen molar-refractivity contribution in [3.8, 4) is 0 Å². The van der Waals surface area contributed by atoms with Crippen molar-refractivity contribution in [3.63, 3.8) is 0 Å². The van der Waals surface area contributed by atoms with Gasteiger partial charge in [0.15, 0.2) is 5.65 Å². The van der Waals surface area contributed by atoms with Crippen LogP contribution in [0.15, 0.2) is 73.1 Å². The molecule has 0 atom stereocenters. The number of nitrogens with one attached hydrogen (secondary N) is 1. The van der Waals surface area contributed by atoms with E-state index in [-0.39, 0.29) is 5.91 Å². The second-order valence-corrected chi connectivity index (χ2v) is 5.32. The molecule has 0 aliphatic rings. The Balaban J connectivity index is 1.59. The van der Waals surface area contributed by atoms with E-state index >= 15 is 0 Å². The average molecular weight is 314 g/mol. The van der Waals surface area contributed by atoms with Crippen molar-refractivity contribution in [2.45, 2.75) is 0 Å². The fourth-order valence-corrected chi connectivity index (χ4v) is 2.66. The number of carbonyl (C=O) groups is 1. The predicted octanol–water partition coefficient (Wildman–Crippen LogP) is 3.53. The summed E-state index contributed by atoms with van der Waals surface area (Å²) in [5, 5.41) is 9.23. The van der Waals surface area contributed by atoms with Crippen LogP contribution in [0.25, 0.3) is 22.5 Å². The van der Waals surface area contributed by atoms with Crippen molar-refractivity contribution in [2.75, 3.05) is 5.32 Å². The lowest BCUT2D eigenvalue weighted by molar-refractivity contribution is -0.111. The Bertz CT molecular complexity index is 1060. The van der Waals surface area contributed by atoms with E-state index in [1.165, 1.54) is 6.08 Å². The summed E-state index contributed by atoms with van der Waals surface area (Å²) in [6.07, 6.45) is 6.63. The van der Waals surface area contributed by atoms with Crippen LogP contribution in [-0.4, -0.2) is 20.5 Å². The van der Waals surface area contributed by atoms with Crippen molar-refractivity contribution >= 4 is 34.2 Å². The Kier molecular flexibility index (Phi) is 3.51. The van der Waals surface area contributed by atoms with Gasteiger partial charge in [-0.15, -0.1) is 0 Å². The maximum Gasteiger partial charge on any atom is 0.249 e. The number of amides is 1. The second-order valence-electron chi connectivity index (χ2n) is 5.32. The molecule has 0 radical (unpaired) electrons. The lowest BCUT2D eigenvalue weighted by Crippen LogP contribution is -2.11. The number of aromatic nitrogens is 3. The zero-order valence-corrected chi connectivity index (χ0v) is 12.8. The van der Waals surface area contributed by atoms with Crippen LogP contribution in [0.5, 0.6) is 0 Å². The van der Waals surface area contributed by atoms with Gasteiger partial charge in [0, 0.05) is 18.3 Å². The third-order valence-corrected chi connectivity index (χ3v) is 3.78. The minimum absolute atomic E-state index is 0.217. The molecule has 0 saturated heterocycles. The van der Waals surface area contributed by atoms with Crippen molar-refractivity contribution in [2.24, 2.45) is 0 Å². The molecule has 0 spiro atoms. The molecule has 0 unspecified atom stereocenters. The highest BCUT2D eigenvalue weighted by molar-refractivity contribution is 6.03. The van der Waals surface area contributed by atoms with E-state index in [0.717, 1.165) is 16.3 Å². The minimum atomic E-state index is -0.217. The number of carbonyl (C=O) groups excluding carboxylic acids is 1. The molecule has 2 aromatic carbocycles. The third kappa shape index (κ3) is 2.63. The van der Waals surface area contributed by atoms with Gasteiger partial charge in [-0.3, -0.25) is 4.79 Å². The second kappa shape index (κ2) is 5.96. The van der Waals surface area contributed by atoms with Gasteiger partial charge in [0.05, 0.1) is 6.20 Å². The fraction of sp³-hybridized carbons (Fsp3) is 0. The summed E-state index contributed by atoms with van der Waals surface area (Å²) in [6, 6.07) is 17.6. The van der Waals surface area contributed by atoms with Gasteiger partial charge < -0.3 is 5.32 Å². The Morgan fingerprint density at radius 1 is 1.00 bits per heavy atom. The number of rotatable bonds is 3. The SMILES string of the molecule is O=C(/C=C/c1cccc2ccccc12)Nc1ccnc2ccnn12. The number of hydrogen-bond donors (Lipinski definition) is 1. The molecule has 4 aromatic rings. The summed E-state index contributed by atoms with van der Waals surface area (Å²) in [5.74, 6) is 0.364. The molecular weight excluding hydrogens is 300 g/mol. The highest BCUT2D eigenvalue weighted by Gasteiger charge is 2.04. The summed E-state index contributed by atoms with van der Waals surface area (Å²) >= 11 is 0. The van der Waals surface area contributed by atoms with E-state index in [1.807, 2.05) is 36.4 Å². The Morgan fingerprint density at radius 3 is 2.83 bits per heavy atom. The highest BCUT2D eigenvalue weighted by atomic mass is 16.1. The molecule has 1 N–H and O–H groups in total. The van der Waals surface area contributed by atoms with Gasteiger partial charge in [-0.2, -0.15) is 9.61 Å². The van der Waals surface area contributed by atoms with Crippen molar-refractivity contribution < 1.29 is 4.79 Å². The summed E-state index contributed by atoms with van der Waals surface area (Å²) in [7, 11) is 0. The lowest BCUT2D eigenvalue weighted by Gasteiger charge is -2.05. The van der Waals surface area contributed by atoms with Gasteiger partial charge in [-0.1, -0.05) is 42.5 Å². The monoisotopic (exact) mass is 314 g/mol. The van der Waals surface area contributed by atoms with Crippen molar-refractivity contribution in [1.82, 2.24) is 14.6 Å². The lowest BCUT2D eigenvalue weighted by atomic mass is 10.0. The molecule has 5 heteroatoms. The maximum atomic E-state index is 12.2. The van der Waals surface area contributed by atoms with E-state index in [9.17, 15) is 4.79 Å². The Labute approximate surface area is 138 Å². The maximum absolute atomic E-state index is 12.2. The largest absolute Gasteiger partial charge is 0.307 e. The number of hydrogen-bond acceptors (Lipinski definition) is 3. The molecule has 0 aliphatic carbocycles. The minimum Gasteiger partial charge on any atom is -0.307 e. The van der Waals surface area contributed by atoms with Gasteiger partial charge in [0.2, 0.25) is 5.91 Å². The van der Waals surface area contributed by atoms with E-state index in [4.69, 9.17) is 0 Å². The molecule has 0 saturated carbocycles. The molecule has 0 bridgehead atoms.